The van der Waals surface area contributed by atoms with Crippen LogP contribution in [0.5, 0.6) is 0 Å². The Balaban J connectivity index is 1.85. The first kappa shape index (κ1) is 14.3. The van der Waals surface area contributed by atoms with E-state index in [1.165, 1.54) is 10.9 Å². The summed E-state index contributed by atoms with van der Waals surface area (Å²) in [6, 6.07) is 1.62. The van der Waals surface area contributed by atoms with Gasteiger partial charge in [0.15, 0.2) is 0 Å². The second-order valence-corrected chi connectivity index (χ2v) is 6.94. The molecule has 2 N–H and O–H groups in total. The Kier molecular flexibility index (Phi) is 3.57. The largest absolute Gasteiger partial charge is 0.316 e. The van der Waals surface area contributed by atoms with E-state index in [2.05, 4.69) is 41.2 Å². The monoisotopic (exact) mass is 289 g/mol. The quantitative estimate of drug-likeness (QED) is 0.892. The number of nitrogens with zero attached hydrogens (tertiary/aromatic N) is 3. The fraction of sp³-hybridized carbons (Fsp3) is 0.667. The van der Waals surface area contributed by atoms with Crippen LogP contribution in [-0.4, -0.2) is 32.7 Å². The first-order chi connectivity index (χ1) is 9.93. The summed E-state index contributed by atoms with van der Waals surface area (Å²) in [4.78, 5) is 21.2. The lowest BCUT2D eigenvalue weighted by Crippen LogP contribution is -2.18. The van der Waals surface area contributed by atoms with Gasteiger partial charge < -0.3 is 5.32 Å². The maximum Gasteiger partial charge on any atom is 0.274 e. The lowest BCUT2D eigenvalue weighted by Gasteiger charge is -2.12. The molecule has 2 aromatic heterocycles. The predicted octanol–water partition coefficient (Wildman–Crippen LogP) is 1.26. The molecule has 0 saturated carbocycles. The maximum absolute atomic E-state index is 12.2. The normalized spacial score (nSPS) is 19.5. The zero-order valence-electron chi connectivity index (χ0n) is 12.9. The van der Waals surface area contributed by atoms with Crippen molar-refractivity contribution in [3.63, 3.8) is 0 Å². The predicted molar refractivity (Wildman–Crippen MR) is 81.6 cm³/mol. The molecule has 0 amide bonds. The minimum atomic E-state index is -0.129. The molecule has 0 spiro atoms. The van der Waals surface area contributed by atoms with Crippen LogP contribution >= 0.6 is 0 Å². The molecule has 3 rings (SSSR count). The summed E-state index contributed by atoms with van der Waals surface area (Å²) in [5, 5.41) is 6.41. The van der Waals surface area contributed by atoms with E-state index in [1.807, 2.05) is 0 Å². The van der Waals surface area contributed by atoms with Crippen molar-refractivity contribution in [2.45, 2.75) is 45.4 Å². The van der Waals surface area contributed by atoms with Crippen LogP contribution in [0.2, 0.25) is 0 Å². The number of aryl methyl sites for hydroxylation is 1. The summed E-state index contributed by atoms with van der Waals surface area (Å²) in [7, 11) is 0. The first-order valence-corrected chi connectivity index (χ1v) is 7.63. The van der Waals surface area contributed by atoms with Crippen LogP contribution in [0.4, 0.5) is 0 Å². The molecule has 1 fully saturated rings. The highest BCUT2D eigenvalue weighted by molar-refractivity contribution is 5.29. The lowest BCUT2D eigenvalue weighted by atomic mass is 9.96. The van der Waals surface area contributed by atoms with Gasteiger partial charge in [-0.2, -0.15) is 9.50 Å². The molecular weight excluding hydrogens is 266 g/mol. The average Bonchev–Trinajstić information content (AvgIpc) is 3.04. The third-order valence-electron chi connectivity index (χ3n) is 4.07. The molecule has 0 bridgehead atoms. The number of rotatable bonds is 3. The molecule has 0 aromatic carbocycles. The molecule has 3 heterocycles. The third-order valence-corrected chi connectivity index (χ3v) is 4.07. The zero-order chi connectivity index (χ0) is 15.0. The van der Waals surface area contributed by atoms with Gasteiger partial charge in [-0.3, -0.25) is 9.89 Å². The molecule has 1 aliphatic rings. The van der Waals surface area contributed by atoms with Gasteiger partial charge in [0.2, 0.25) is 0 Å². The van der Waals surface area contributed by atoms with E-state index in [1.54, 1.807) is 6.07 Å². The van der Waals surface area contributed by atoms with Crippen LogP contribution in [0.25, 0.3) is 5.78 Å². The Morgan fingerprint density at radius 1 is 1.38 bits per heavy atom. The molecule has 21 heavy (non-hydrogen) atoms. The standard InChI is InChI=1S/C15H23N5O/c1-15(2,3)13-18-14-17-11(8-12(21)20(14)19-13)5-4-10-6-7-16-9-10/h8,10,16H,4-7,9H2,1-3H3,(H,17,18,19). The van der Waals surface area contributed by atoms with Crippen molar-refractivity contribution in [2.75, 3.05) is 13.1 Å². The summed E-state index contributed by atoms with van der Waals surface area (Å²) in [6.07, 6.45) is 3.14. The van der Waals surface area contributed by atoms with Gasteiger partial charge in [0.25, 0.3) is 11.3 Å². The fourth-order valence-corrected chi connectivity index (χ4v) is 2.70. The van der Waals surface area contributed by atoms with Crippen molar-refractivity contribution in [3.05, 3.63) is 27.9 Å². The number of H-pyrrole nitrogens is 1. The van der Waals surface area contributed by atoms with Crippen molar-refractivity contribution in [2.24, 2.45) is 5.92 Å². The third kappa shape index (κ3) is 3.00. The van der Waals surface area contributed by atoms with Gasteiger partial charge in [-0.25, -0.2) is 4.98 Å². The molecular formula is C15H23N5O. The second-order valence-electron chi connectivity index (χ2n) is 6.94. The highest BCUT2D eigenvalue weighted by atomic mass is 16.1. The van der Waals surface area contributed by atoms with Gasteiger partial charge in [0, 0.05) is 11.5 Å². The summed E-state index contributed by atoms with van der Waals surface area (Å²) in [5.41, 5.74) is 0.636. The number of hydrogen-bond donors (Lipinski definition) is 2. The van der Waals surface area contributed by atoms with Crippen LogP contribution in [0.1, 0.15) is 45.1 Å². The molecule has 114 valence electrons. The van der Waals surface area contributed by atoms with Crippen LogP contribution in [0.3, 0.4) is 0 Å². The van der Waals surface area contributed by atoms with E-state index in [0.717, 1.165) is 37.4 Å². The van der Waals surface area contributed by atoms with Crippen molar-refractivity contribution >= 4 is 5.78 Å². The molecule has 1 aliphatic heterocycles. The van der Waals surface area contributed by atoms with Gasteiger partial charge in [-0.05, 0) is 38.3 Å². The molecule has 1 atom stereocenters. The number of aromatic nitrogens is 4. The highest BCUT2D eigenvalue weighted by Crippen LogP contribution is 2.18. The molecule has 1 saturated heterocycles. The van der Waals surface area contributed by atoms with E-state index >= 15 is 0 Å². The lowest BCUT2D eigenvalue weighted by molar-refractivity contribution is 0.529. The van der Waals surface area contributed by atoms with Crippen LogP contribution < -0.4 is 10.9 Å². The number of hydrogen-bond acceptors (Lipinski definition) is 4. The van der Waals surface area contributed by atoms with Crippen molar-refractivity contribution < 1.29 is 0 Å². The Morgan fingerprint density at radius 2 is 2.19 bits per heavy atom. The highest BCUT2D eigenvalue weighted by Gasteiger charge is 2.20. The Hall–Kier alpha value is -1.69. The number of aromatic amines is 1. The number of nitrogens with one attached hydrogen (secondary N) is 2. The molecule has 6 heteroatoms. The van der Waals surface area contributed by atoms with Crippen LogP contribution in [0.15, 0.2) is 10.9 Å². The summed E-state index contributed by atoms with van der Waals surface area (Å²) in [6.45, 7) is 8.36. The van der Waals surface area contributed by atoms with E-state index in [4.69, 9.17) is 0 Å². The topological polar surface area (TPSA) is 75.1 Å². The van der Waals surface area contributed by atoms with Crippen molar-refractivity contribution in [1.29, 1.82) is 0 Å². The Morgan fingerprint density at radius 3 is 2.86 bits per heavy atom. The van der Waals surface area contributed by atoms with E-state index < -0.39 is 0 Å². The fourth-order valence-electron chi connectivity index (χ4n) is 2.70. The summed E-state index contributed by atoms with van der Waals surface area (Å²) in [5.74, 6) is 1.96. The smallest absolute Gasteiger partial charge is 0.274 e. The molecule has 2 aromatic rings. The molecule has 0 aliphatic carbocycles. The molecule has 0 radical (unpaired) electrons. The SMILES string of the molecule is CC(C)(C)c1nc2nc(CCC3CCNC3)cc(=O)n2[nH]1. The van der Waals surface area contributed by atoms with Gasteiger partial charge in [-0.15, -0.1) is 0 Å². The Labute approximate surface area is 124 Å². The number of fused-ring (bicyclic) bond motifs is 1. The molecule has 1 unspecified atom stereocenters. The Bertz CT molecular complexity index is 688. The second kappa shape index (κ2) is 5.26. The van der Waals surface area contributed by atoms with Crippen LogP contribution in [0, 0.1) is 5.92 Å². The van der Waals surface area contributed by atoms with Crippen molar-refractivity contribution in [1.82, 2.24) is 24.9 Å². The van der Waals surface area contributed by atoms with Crippen molar-refractivity contribution in [3.8, 4) is 0 Å². The van der Waals surface area contributed by atoms with Gasteiger partial charge >= 0.3 is 0 Å². The minimum absolute atomic E-state index is 0.0810. The maximum atomic E-state index is 12.2. The summed E-state index contributed by atoms with van der Waals surface area (Å²) >= 11 is 0. The van der Waals surface area contributed by atoms with Gasteiger partial charge in [-0.1, -0.05) is 20.8 Å². The average molecular weight is 289 g/mol. The van der Waals surface area contributed by atoms with Crippen LogP contribution in [-0.2, 0) is 11.8 Å². The van der Waals surface area contributed by atoms with E-state index in [9.17, 15) is 4.79 Å². The summed E-state index contributed by atoms with van der Waals surface area (Å²) < 4.78 is 1.43. The zero-order valence-corrected chi connectivity index (χ0v) is 12.9. The van der Waals surface area contributed by atoms with Gasteiger partial charge in [0.05, 0.1) is 5.69 Å². The minimum Gasteiger partial charge on any atom is -0.316 e. The first-order valence-electron chi connectivity index (χ1n) is 7.63. The van der Waals surface area contributed by atoms with E-state index in [-0.39, 0.29) is 11.0 Å². The van der Waals surface area contributed by atoms with Gasteiger partial charge in [0.1, 0.15) is 5.82 Å². The molecule has 6 nitrogen and oxygen atoms in total. The van der Waals surface area contributed by atoms with E-state index in [0.29, 0.717) is 11.7 Å².